The number of halogens is 1. The molecular weight excluding hydrogens is 427 g/mol. The highest BCUT2D eigenvalue weighted by Crippen LogP contribution is 2.29. The zero-order chi connectivity index (χ0) is 22.2. The van der Waals surface area contributed by atoms with Crippen LogP contribution in [0, 0.1) is 12.7 Å². The van der Waals surface area contributed by atoms with Crippen molar-refractivity contribution in [1.82, 2.24) is 19.2 Å². The largest absolute Gasteiger partial charge is 0.495 e. The van der Waals surface area contributed by atoms with Crippen LogP contribution in [0.25, 0.3) is 22.4 Å². The normalized spacial score (nSPS) is 11.3. The summed E-state index contributed by atoms with van der Waals surface area (Å²) in [7, 11) is 1.57. The first-order chi connectivity index (χ1) is 15.6. The van der Waals surface area contributed by atoms with Crippen LogP contribution in [-0.2, 0) is 5.75 Å². The number of benzene rings is 3. The van der Waals surface area contributed by atoms with Crippen LogP contribution in [-0.4, -0.2) is 26.3 Å². The van der Waals surface area contributed by atoms with E-state index < -0.39 is 0 Å². The van der Waals surface area contributed by atoms with Crippen molar-refractivity contribution in [3.8, 4) is 11.4 Å². The van der Waals surface area contributed by atoms with Gasteiger partial charge in [-0.2, -0.15) is 0 Å². The number of fused-ring (bicyclic) bond motifs is 3. The van der Waals surface area contributed by atoms with E-state index in [9.17, 15) is 9.18 Å². The molecule has 5 aromatic rings. The molecule has 8 heteroatoms. The van der Waals surface area contributed by atoms with Crippen molar-refractivity contribution < 1.29 is 9.13 Å². The fourth-order valence-electron chi connectivity index (χ4n) is 3.74. The van der Waals surface area contributed by atoms with Gasteiger partial charge in [-0.1, -0.05) is 42.1 Å². The molecule has 0 radical (unpaired) electrons. The predicted octanol–water partition coefficient (Wildman–Crippen LogP) is 4.78. The van der Waals surface area contributed by atoms with E-state index in [-0.39, 0.29) is 11.4 Å². The number of hydrogen-bond donors (Lipinski definition) is 0. The van der Waals surface area contributed by atoms with E-state index in [2.05, 4.69) is 10.2 Å². The Morgan fingerprint density at radius 1 is 1.03 bits per heavy atom. The van der Waals surface area contributed by atoms with Gasteiger partial charge in [-0.25, -0.2) is 8.96 Å². The maximum absolute atomic E-state index is 13.6. The van der Waals surface area contributed by atoms with Crippen LogP contribution in [0.4, 0.5) is 4.39 Å². The van der Waals surface area contributed by atoms with Crippen molar-refractivity contribution in [2.45, 2.75) is 17.8 Å². The van der Waals surface area contributed by atoms with Gasteiger partial charge in [-0.05, 0) is 54.4 Å². The van der Waals surface area contributed by atoms with E-state index >= 15 is 0 Å². The molecule has 0 saturated heterocycles. The van der Waals surface area contributed by atoms with Crippen molar-refractivity contribution >= 4 is 28.4 Å². The molecule has 0 aliphatic rings. The van der Waals surface area contributed by atoms with E-state index in [1.54, 1.807) is 19.2 Å². The van der Waals surface area contributed by atoms with Crippen molar-refractivity contribution in [3.05, 3.63) is 94.0 Å². The molecule has 0 aliphatic heterocycles. The van der Waals surface area contributed by atoms with Gasteiger partial charge in [0.1, 0.15) is 11.6 Å². The lowest BCUT2D eigenvalue weighted by Crippen LogP contribution is -2.22. The standard InChI is InChI=1S/C24H19FN4O2S/c1-15-10-11-21(31-2)20(12-15)28-22(30)18-8-3-4-9-19(18)29-23(28)26-27-24(29)32-14-16-6-5-7-17(25)13-16/h3-13H,14H2,1-2H3. The number of aryl methyl sites for hydroxylation is 1. The van der Waals surface area contributed by atoms with Gasteiger partial charge in [0.2, 0.25) is 5.78 Å². The van der Waals surface area contributed by atoms with Crippen molar-refractivity contribution in [3.63, 3.8) is 0 Å². The minimum atomic E-state index is -0.278. The van der Waals surface area contributed by atoms with Gasteiger partial charge in [0.15, 0.2) is 5.16 Å². The molecule has 0 aliphatic carbocycles. The zero-order valence-electron chi connectivity index (χ0n) is 17.4. The third kappa shape index (κ3) is 3.42. The fourth-order valence-corrected chi connectivity index (χ4v) is 4.62. The molecule has 0 amide bonds. The Morgan fingerprint density at radius 2 is 1.88 bits per heavy atom. The highest BCUT2D eigenvalue weighted by molar-refractivity contribution is 7.98. The highest BCUT2D eigenvalue weighted by atomic mass is 32.2. The van der Waals surface area contributed by atoms with Crippen LogP contribution < -0.4 is 10.3 Å². The maximum Gasteiger partial charge on any atom is 0.267 e. The predicted molar refractivity (Wildman–Crippen MR) is 123 cm³/mol. The Morgan fingerprint density at radius 3 is 2.69 bits per heavy atom. The molecule has 0 atom stereocenters. The summed E-state index contributed by atoms with van der Waals surface area (Å²) in [5, 5.41) is 9.89. The topological polar surface area (TPSA) is 61.4 Å². The molecule has 5 rings (SSSR count). The van der Waals surface area contributed by atoms with Gasteiger partial charge in [0.25, 0.3) is 5.56 Å². The summed E-state index contributed by atoms with van der Waals surface area (Å²) in [5.41, 5.74) is 2.93. The summed E-state index contributed by atoms with van der Waals surface area (Å²) in [5.74, 6) is 1.19. The number of methoxy groups -OCH3 is 1. The second-order valence-corrected chi connectivity index (χ2v) is 8.31. The third-order valence-electron chi connectivity index (χ3n) is 5.23. The Bertz CT molecular complexity index is 1530. The average molecular weight is 447 g/mol. The zero-order valence-corrected chi connectivity index (χ0v) is 18.3. The summed E-state index contributed by atoms with van der Waals surface area (Å²) < 4.78 is 22.5. The molecule has 32 heavy (non-hydrogen) atoms. The van der Waals surface area contributed by atoms with Crippen LogP contribution in [0.3, 0.4) is 0 Å². The molecule has 0 spiro atoms. The number of thioether (sulfide) groups is 1. The minimum absolute atomic E-state index is 0.203. The monoisotopic (exact) mass is 446 g/mol. The van der Waals surface area contributed by atoms with Crippen LogP contribution in [0.1, 0.15) is 11.1 Å². The smallest absolute Gasteiger partial charge is 0.267 e. The molecule has 0 bridgehead atoms. The van der Waals surface area contributed by atoms with Crippen LogP contribution in [0.2, 0.25) is 0 Å². The third-order valence-corrected chi connectivity index (χ3v) is 6.23. The molecule has 0 fully saturated rings. The Labute approximate surface area is 187 Å². The first kappa shape index (κ1) is 20.3. The first-order valence-electron chi connectivity index (χ1n) is 9.98. The maximum atomic E-state index is 13.6. The Balaban J connectivity index is 1.75. The van der Waals surface area contributed by atoms with E-state index in [0.29, 0.717) is 39.0 Å². The minimum Gasteiger partial charge on any atom is -0.495 e. The fraction of sp³-hybridized carbons (Fsp3) is 0.125. The molecule has 0 unspecified atom stereocenters. The van der Waals surface area contributed by atoms with Gasteiger partial charge in [0, 0.05) is 5.75 Å². The number of nitrogens with zero attached hydrogens (tertiary/aromatic N) is 4. The average Bonchev–Trinajstić information content (AvgIpc) is 3.22. The number of ether oxygens (including phenoxy) is 1. The highest BCUT2D eigenvalue weighted by Gasteiger charge is 2.20. The first-order valence-corrected chi connectivity index (χ1v) is 11.0. The molecule has 0 saturated carbocycles. The summed E-state index contributed by atoms with van der Waals surface area (Å²) in [6.07, 6.45) is 0. The van der Waals surface area contributed by atoms with Gasteiger partial charge in [0.05, 0.1) is 23.7 Å². The summed E-state index contributed by atoms with van der Waals surface area (Å²) in [6, 6.07) is 19.5. The van der Waals surface area contributed by atoms with Crippen LogP contribution in [0.5, 0.6) is 5.75 Å². The van der Waals surface area contributed by atoms with E-state index in [4.69, 9.17) is 4.74 Å². The molecular formula is C24H19FN4O2S. The summed E-state index contributed by atoms with van der Waals surface area (Å²) in [6.45, 7) is 1.95. The molecule has 0 N–H and O–H groups in total. The lowest BCUT2D eigenvalue weighted by Gasteiger charge is -2.14. The van der Waals surface area contributed by atoms with E-state index in [0.717, 1.165) is 11.1 Å². The Hall–Kier alpha value is -3.65. The number of rotatable bonds is 5. The van der Waals surface area contributed by atoms with E-state index in [1.165, 1.54) is 28.5 Å². The molecule has 2 aromatic heterocycles. The molecule has 2 heterocycles. The van der Waals surface area contributed by atoms with Gasteiger partial charge in [-0.15, -0.1) is 10.2 Å². The van der Waals surface area contributed by atoms with E-state index in [1.807, 2.05) is 53.8 Å². The molecule has 160 valence electrons. The van der Waals surface area contributed by atoms with Crippen molar-refractivity contribution in [2.24, 2.45) is 0 Å². The number of aromatic nitrogens is 4. The van der Waals surface area contributed by atoms with Crippen molar-refractivity contribution in [2.75, 3.05) is 7.11 Å². The summed E-state index contributed by atoms with van der Waals surface area (Å²) in [4.78, 5) is 13.5. The quantitative estimate of drug-likeness (QED) is 0.364. The summed E-state index contributed by atoms with van der Waals surface area (Å²) >= 11 is 1.43. The Kier molecular flexibility index (Phi) is 5.14. The lowest BCUT2D eigenvalue weighted by atomic mass is 10.2. The number of hydrogen-bond acceptors (Lipinski definition) is 5. The number of para-hydroxylation sites is 1. The lowest BCUT2D eigenvalue weighted by molar-refractivity contribution is 0.412. The second kappa shape index (κ2) is 8.12. The van der Waals surface area contributed by atoms with Crippen LogP contribution in [0.15, 0.2) is 76.7 Å². The molecule has 3 aromatic carbocycles. The van der Waals surface area contributed by atoms with Gasteiger partial charge >= 0.3 is 0 Å². The van der Waals surface area contributed by atoms with Gasteiger partial charge < -0.3 is 4.74 Å². The SMILES string of the molecule is COc1ccc(C)cc1-n1c(=O)c2ccccc2n2c(SCc3cccc(F)c3)nnc12. The second-order valence-electron chi connectivity index (χ2n) is 7.37. The van der Waals surface area contributed by atoms with Crippen LogP contribution >= 0.6 is 11.8 Å². The molecule has 6 nitrogen and oxygen atoms in total. The van der Waals surface area contributed by atoms with Gasteiger partial charge in [-0.3, -0.25) is 9.20 Å². The van der Waals surface area contributed by atoms with Crippen molar-refractivity contribution in [1.29, 1.82) is 0 Å².